The Kier molecular flexibility index (Phi) is 3.12. The van der Waals surface area contributed by atoms with Gasteiger partial charge >= 0.3 is 6.18 Å². The van der Waals surface area contributed by atoms with Crippen LogP contribution < -0.4 is 10.1 Å². The molecule has 1 aromatic heterocycles. The molecule has 4 rings (SSSR count). The van der Waals surface area contributed by atoms with Gasteiger partial charge in [-0.25, -0.2) is 4.98 Å². The van der Waals surface area contributed by atoms with Crippen LogP contribution in [-0.2, 0) is 6.18 Å². The van der Waals surface area contributed by atoms with E-state index >= 15 is 0 Å². The lowest BCUT2D eigenvalue weighted by Gasteiger charge is -2.42. The molecule has 1 saturated carbocycles. The van der Waals surface area contributed by atoms with E-state index in [4.69, 9.17) is 4.74 Å². The molecule has 104 valence electrons. The highest BCUT2D eigenvalue weighted by molar-refractivity contribution is 5.20. The van der Waals surface area contributed by atoms with Gasteiger partial charge in [-0.15, -0.1) is 0 Å². The van der Waals surface area contributed by atoms with Gasteiger partial charge in [0, 0.05) is 31.5 Å². The van der Waals surface area contributed by atoms with Crippen molar-refractivity contribution >= 4 is 0 Å². The van der Waals surface area contributed by atoms with E-state index in [9.17, 15) is 13.2 Å². The van der Waals surface area contributed by atoms with Crippen LogP contribution in [0.2, 0.25) is 0 Å². The number of pyridine rings is 1. The molecule has 2 saturated heterocycles. The Hall–Kier alpha value is -1.30. The number of halogens is 3. The first-order valence-electron chi connectivity index (χ1n) is 6.52. The minimum absolute atomic E-state index is 0.264. The van der Waals surface area contributed by atoms with Crippen LogP contribution in [0, 0.1) is 5.92 Å². The second-order valence-electron chi connectivity index (χ2n) is 5.48. The number of nitrogens with zero attached hydrogens (tertiary/aromatic N) is 1. The molecule has 3 nitrogen and oxygen atoms in total. The number of rotatable bonds is 3. The normalized spacial score (nSPS) is 29.7. The van der Waals surface area contributed by atoms with Gasteiger partial charge in [-0.2, -0.15) is 13.2 Å². The number of hydrogen-bond donors (Lipinski definition) is 1. The highest BCUT2D eigenvalue weighted by Gasteiger charge is 2.41. The molecule has 1 aromatic rings. The third-order valence-corrected chi connectivity index (χ3v) is 3.96. The summed E-state index contributed by atoms with van der Waals surface area (Å²) in [5.74, 6) is 1.09. The average molecular weight is 273 g/mol. The molecule has 3 fully saturated rings. The molecule has 2 bridgehead atoms. The maximum absolute atomic E-state index is 12.4. The molecule has 1 unspecified atom stereocenters. The predicted molar refractivity (Wildman–Crippen MR) is 61.6 cm³/mol. The summed E-state index contributed by atoms with van der Waals surface area (Å²) in [5.41, 5.74) is -0.745. The standard InChI is InChI=1S/C13H15F3N2O/c14-13(15,16)9-1-2-12(17-6-9)19-7-11-5-8-3-10(4-8)18-11/h1-2,6,8,10-11,18H,3-5,7H2/p+1. The minimum Gasteiger partial charge on any atom is -0.471 e. The number of aromatic nitrogens is 1. The Morgan fingerprint density at radius 3 is 2.58 bits per heavy atom. The Balaban J connectivity index is 1.52. The molecule has 3 heterocycles. The first-order valence-corrected chi connectivity index (χ1v) is 6.52. The number of hydrogen-bond acceptors (Lipinski definition) is 2. The quantitative estimate of drug-likeness (QED) is 0.908. The number of ether oxygens (including phenoxy) is 1. The summed E-state index contributed by atoms with van der Waals surface area (Å²) in [4.78, 5) is 3.70. The van der Waals surface area contributed by atoms with Gasteiger partial charge in [-0.1, -0.05) is 0 Å². The fourth-order valence-corrected chi connectivity index (χ4v) is 2.98. The third kappa shape index (κ3) is 2.83. The van der Waals surface area contributed by atoms with Crippen molar-refractivity contribution in [3.05, 3.63) is 23.9 Å². The minimum atomic E-state index is -4.34. The van der Waals surface area contributed by atoms with Gasteiger partial charge in [0.15, 0.2) is 0 Å². The molecule has 0 aromatic carbocycles. The first kappa shape index (κ1) is 12.7. The van der Waals surface area contributed by atoms with E-state index in [2.05, 4.69) is 10.3 Å². The van der Waals surface area contributed by atoms with Crippen LogP contribution in [0.1, 0.15) is 24.8 Å². The molecule has 1 aliphatic carbocycles. The molecule has 3 aliphatic rings. The van der Waals surface area contributed by atoms with Gasteiger partial charge in [0.25, 0.3) is 0 Å². The highest BCUT2D eigenvalue weighted by Crippen LogP contribution is 2.32. The van der Waals surface area contributed by atoms with Gasteiger partial charge in [0.1, 0.15) is 12.6 Å². The van der Waals surface area contributed by atoms with E-state index in [1.807, 2.05) is 0 Å². The van der Waals surface area contributed by atoms with Crippen molar-refractivity contribution in [2.24, 2.45) is 5.92 Å². The lowest BCUT2D eigenvalue weighted by atomic mass is 9.72. The van der Waals surface area contributed by atoms with E-state index in [1.54, 1.807) is 0 Å². The van der Waals surface area contributed by atoms with Crippen molar-refractivity contribution in [3.63, 3.8) is 0 Å². The number of piperidine rings is 2. The maximum Gasteiger partial charge on any atom is 0.417 e. The Labute approximate surface area is 109 Å². The molecular formula is C13H16F3N2O+. The maximum atomic E-state index is 12.4. The van der Waals surface area contributed by atoms with Gasteiger partial charge in [-0.05, 0) is 12.0 Å². The Morgan fingerprint density at radius 1 is 1.26 bits per heavy atom. The van der Waals surface area contributed by atoms with Crippen LogP contribution in [0.15, 0.2) is 18.3 Å². The van der Waals surface area contributed by atoms with Crippen LogP contribution in [0.4, 0.5) is 13.2 Å². The molecule has 6 heteroatoms. The van der Waals surface area contributed by atoms with E-state index in [1.165, 1.54) is 18.9 Å². The van der Waals surface area contributed by atoms with E-state index in [-0.39, 0.29) is 5.88 Å². The van der Waals surface area contributed by atoms with Gasteiger partial charge in [-0.3, -0.25) is 0 Å². The molecule has 2 aliphatic heterocycles. The summed E-state index contributed by atoms with van der Waals surface area (Å²) < 4.78 is 42.5. The van der Waals surface area contributed by atoms with Gasteiger partial charge in [0.2, 0.25) is 5.88 Å². The summed E-state index contributed by atoms with van der Waals surface area (Å²) in [5, 5.41) is 2.32. The highest BCUT2D eigenvalue weighted by atomic mass is 19.4. The molecule has 0 radical (unpaired) electrons. The smallest absolute Gasteiger partial charge is 0.417 e. The van der Waals surface area contributed by atoms with Crippen LogP contribution >= 0.6 is 0 Å². The van der Waals surface area contributed by atoms with Crippen molar-refractivity contribution in [2.75, 3.05) is 6.61 Å². The molecule has 0 spiro atoms. The number of quaternary nitrogens is 1. The zero-order chi connectivity index (χ0) is 13.5. The number of nitrogens with two attached hydrogens (primary N) is 1. The van der Waals surface area contributed by atoms with Crippen molar-refractivity contribution < 1.29 is 23.2 Å². The Morgan fingerprint density at radius 2 is 2.05 bits per heavy atom. The number of alkyl halides is 3. The lowest BCUT2D eigenvalue weighted by molar-refractivity contribution is -0.751. The molecular weight excluding hydrogens is 257 g/mol. The summed E-state index contributed by atoms with van der Waals surface area (Å²) in [6.45, 7) is 0.519. The Bertz CT molecular complexity index is 430. The van der Waals surface area contributed by atoms with Crippen LogP contribution in [0.3, 0.4) is 0 Å². The molecule has 1 atom stereocenters. The second kappa shape index (κ2) is 4.67. The SMILES string of the molecule is FC(F)(F)c1ccc(OCC2CC3CC(C3)[NH2+]2)nc1. The largest absolute Gasteiger partial charge is 0.471 e. The van der Waals surface area contributed by atoms with Gasteiger partial charge < -0.3 is 10.1 Å². The molecule has 19 heavy (non-hydrogen) atoms. The third-order valence-electron chi connectivity index (χ3n) is 3.96. The van der Waals surface area contributed by atoms with E-state index < -0.39 is 11.7 Å². The monoisotopic (exact) mass is 273 g/mol. The zero-order valence-electron chi connectivity index (χ0n) is 10.4. The topological polar surface area (TPSA) is 38.7 Å². The summed E-state index contributed by atoms with van der Waals surface area (Å²) >= 11 is 0. The van der Waals surface area contributed by atoms with Crippen LogP contribution in [0.25, 0.3) is 0 Å². The molecule has 2 N–H and O–H groups in total. The van der Waals surface area contributed by atoms with E-state index in [0.717, 1.165) is 30.6 Å². The lowest BCUT2D eigenvalue weighted by Crippen LogP contribution is -3.01. The van der Waals surface area contributed by atoms with Gasteiger partial charge in [0.05, 0.1) is 11.6 Å². The van der Waals surface area contributed by atoms with Crippen molar-refractivity contribution in [3.8, 4) is 5.88 Å². The summed E-state index contributed by atoms with van der Waals surface area (Å²) in [7, 11) is 0. The zero-order valence-corrected chi connectivity index (χ0v) is 10.4. The fraction of sp³-hybridized carbons (Fsp3) is 0.615. The summed E-state index contributed by atoms with van der Waals surface area (Å²) in [6.07, 6.45) is 0.211. The summed E-state index contributed by atoms with van der Waals surface area (Å²) in [6, 6.07) is 3.44. The average Bonchev–Trinajstić information content (AvgIpc) is 2.35. The first-order chi connectivity index (χ1) is 9.00. The molecule has 0 amide bonds. The van der Waals surface area contributed by atoms with Crippen LogP contribution in [0.5, 0.6) is 5.88 Å². The van der Waals surface area contributed by atoms with Crippen LogP contribution in [-0.4, -0.2) is 23.7 Å². The number of fused-ring (bicyclic) bond motifs is 2. The van der Waals surface area contributed by atoms with Crippen molar-refractivity contribution in [1.29, 1.82) is 0 Å². The van der Waals surface area contributed by atoms with Crippen molar-refractivity contribution in [1.82, 2.24) is 4.98 Å². The van der Waals surface area contributed by atoms with Crippen molar-refractivity contribution in [2.45, 2.75) is 37.5 Å². The van der Waals surface area contributed by atoms with E-state index in [0.29, 0.717) is 12.6 Å². The fourth-order valence-electron chi connectivity index (χ4n) is 2.98. The second-order valence-corrected chi connectivity index (χ2v) is 5.48. The predicted octanol–water partition coefficient (Wildman–Crippen LogP) is 1.59.